The number of amides is 1. The highest BCUT2D eigenvalue weighted by Gasteiger charge is 2.26. The first-order chi connectivity index (χ1) is 19.0. The number of rotatable bonds is 8. The Bertz CT molecular complexity index is 1510. The van der Waals surface area contributed by atoms with Crippen molar-refractivity contribution < 1.29 is 19.0 Å². The van der Waals surface area contributed by atoms with Gasteiger partial charge in [-0.1, -0.05) is 30.3 Å². The average molecular weight is 528 g/mol. The van der Waals surface area contributed by atoms with Crippen LogP contribution in [0.25, 0.3) is 16.5 Å². The summed E-state index contributed by atoms with van der Waals surface area (Å²) in [6.07, 6.45) is 1.64. The minimum absolute atomic E-state index is 0.119. The molecule has 0 saturated carbocycles. The molecule has 2 heterocycles. The Balaban J connectivity index is 1.51. The number of ether oxygens (including phenoxy) is 3. The summed E-state index contributed by atoms with van der Waals surface area (Å²) in [5.74, 6) is 1.49. The Hall–Kier alpha value is -4.30. The molecule has 5 rings (SSSR count). The van der Waals surface area contributed by atoms with E-state index in [2.05, 4.69) is 17.0 Å². The Kier molecular flexibility index (Phi) is 7.84. The number of benzene rings is 3. The molecule has 0 N–H and O–H groups in total. The molecule has 0 atom stereocenters. The Morgan fingerprint density at radius 1 is 0.846 bits per heavy atom. The molecular weight excluding hydrogens is 494 g/mol. The van der Waals surface area contributed by atoms with Gasteiger partial charge >= 0.3 is 0 Å². The molecule has 1 aromatic heterocycles. The molecule has 1 saturated heterocycles. The average Bonchev–Trinajstić information content (AvgIpc) is 2.98. The van der Waals surface area contributed by atoms with E-state index >= 15 is 0 Å². The summed E-state index contributed by atoms with van der Waals surface area (Å²) >= 11 is 0. The van der Waals surface area contributed by atoms with Crippen molar-refractivity contribution in [3.05, 3.63) is 94.4 Å². The summed E-state index contributed by atoms with van der Waals surface area (Å²) in [5, 5.41) is 0.923. The second-order valence-electron chi connectivity index (χ2n) is 9.45. The van der Waals surface area contributed by atoms with Crippen LogP contribution in [0.3, 0.4) is 0 Å². The molecule has 0 unspecified atom stereocenters. The van der Waals surface area contributed by atoms with E-state index in [9.17, 15) is 9.59 Å². The molecule has 8 heteroatoms. The van der Waals surface area contributed by atoms with Gasteiger partial charge in [-0.2, -0.15) is 0 Å². The van der Waals surface area contributed by atoms with Crippen LogP contribution < -0.4 is 19.8 Å². The molecule has 1 amide bonds. The maximum absolute atomic E-state index is 14.0. The summed E-state index contributed by atoms with van der Waals surface area (Å²) in [4.78, 5) is 31.9. The maximum Gasteiger partial charge on any atom is 0.263 e. The Labute approximate surface area is 227 Å². The van der Waals surface area contributed by atoms with Crippen LogP contribution in [0.2, 0.25) is 0 Å². The predicted molar refractivity (Wildman–Crippen MR) is 151 cm³/mol. The molecule has 1 aliphatic rings. The van der Waals surface area contributed by atoms with E-state index in [0.717, 1.165) is 19.6 Å². The molecule has 39 heavy (non-hydrogen) atoms. The molecule has 0 aliphatic carbocycles. The zero-order valence-electron chi connectivity index (χ0n) is 22.6. The van der Waals surface area contributed by atoms with Crippen LogP contribution in [0.4, 0.5) is 0 Å². The van der Waals surface area contributed by atoms with E-state index in [1.54, 1.807) is 18.3 Å². The summed E-state index contributed by atoms with van der Waals surface area (Å²) in [7, 11) is 3.07. The van der Waals surface area contributed by atoms with Gasteiger partial charge in [-0.25, -0.2) is 0 Å². The summed E-state index contributed by atoms with van der Waals surface area (Å²) in [6.45, 7) is 6.07. The van der Waals surface area contributed by atoms with Gasteiger partial charge in [0, 0.05) is 50.0 Å². The Morgan fingerprint density at radius 2 is 1.49 bits per heavy atom. The van der Waals surface area contributed by atoms with Gasteiger partial charge in [-0.3, -0.25) is 19.1 Å². The lowest BCUT2D eigenvalue weighted by Crippen LogP contribution is -2.48. The molecule has 4 aromatic rings. The topological polar surface area (TPSA) is 73.2 Å². The third-order valence-electron chi connectivity index (χ3n) is 7.09. The second-order valence-corrected chi connectivity index (χ2v) is 9.45. The lowest BCUT2D eigenvalue weighted by molar-refractivity contribution is 0.0629. The van der Waals surface area contributed by atoms with Crippen LogP contribution in [0, 0.1) is 0 Å². The van der Waals surface area contributed by atoms with E-state index in [0.29, 0.717) is 59.0 Å². The number of methoxy groups -OCH3 is 2. The molecule has 0 spiro atoms. The number of carbonyl (C=O) groups is 1. The van der Waals surface area contributed by atoms with Crippen molar-refractivity contribution in [2.75, 3.05) is 47.0 Å². The van der Waals surface area contributed by atoms with E-state index in [-0.39, 0.29) is 11.5 Å². The van der Waals surface area contributed by atoms with Gasteiger partial charge in [0.1, 0.15) is 5.75 Å². The largest absolute Gasteiger partial charge is 0.494 e. The highest BCUT2D eigenvalue weighted by atomic mass is 16.5. The van der Waals surface area contributed by atoms with Crippen molar-refractivity contribution in [1.82, 2.24) is 14.4 Å². The van der Waals surface area contributed by atoms with Crippen molar-refractivity contribution in [2.24, 2.45) is 0 Å². The van der Waals surface area contributed by atoms with E-state index < -0.39 is 0 Å². The predicted octanol–water partition coefficient (Wildman–Crippen LogP) is 4.36. The zero-order valence-corrected chi connectivity index (χ0v) is 22.6. The van der Waals surface area contributed by atoms with Crippen LogP contribution in [-0.4, -0.2) is 67.3 Å². The van der Waals surface area contributed by atoms with Gasteiger partial charge in [0.15, 0.2) is 11.5 Å². The number of hydrogen-bond acceptors (Lipinski definition) is 6. The second kappa shape index (κ2) is 11.6. The standard InChI is InChI=1S/C31H33N3O5/c1-4-39-24-12-10-23(11-13-24)34-21-27(25-18-28(37-2)29(38-3)19-26(25)31(34)36)30(35)33-16-14-32(15-17-33)20-22-8-6-5-7-9-22/h5-13,18-19,21H,4,14-17,20H2,1-3H3. The van der Waals surface area contributed by atoms with Crippen LogP contribution in [0.1, 0.15) is 22.8 Å². The van der Waals surface area contributed by atoms with Gasteiger partial charge in [0.05, 0.1) is 31.8 Å². The molecule has 0 radical (unpaired) electrons. The van der Waals surface area contributed by atoms with Crippen LogP contribution >= 0.6 is 0 Å². The Morgan fingerprint density at radius 3 is 2.10 bits per heavy atom. The van der Waals surface area contributed by atoms with Crippen molar-refractivity contribution in [1.29, 1.82) is 0 Å². The minimum atomic E-state index is -0.251. The molecule has 202 valence electrons. The van der Waals surface area contributed by atoms with Crippen molar-refractivity contribution in [3.63, 3.8) is 0 Å². The van der Waals surface area contributed by atoms with Gasteiger partial charge in [-0.15, -0.1) is 0 Å². The minimum Gasteiger partial charge on any atom is -0.494 e. The lowest BCUT2D eigenvalue weighted by atomic mass is 10.0. The van der Waals surface area contributed by atoms with Gasteiger partial charge in [-0.05, 0) is 48.9 Å². The molecule has 0 bridgehead atoms. The number of carbonyl (C=O) groups excluding carboxylic acids is 1. The smallest absolute Gasteiger partial charge is 0.263 e. The summed E-state index contributed by atoms with van der Waals surface area (Å²) < 4.78 is 18.1. The number of nitrogens with zero attached hydrogens (tertiary/aromatic N) is 3. The first kappa shape index (κ1) is 26.3. The first-order valence-electron chi connectivity index (χ1n) is 13.1. The lowest BCUT2D eigenvalue weighted by Gasteiger charge is -2.35. The fourth-order valence-corrected chi connectivity index (χ4v) is 5.02. The fraction of sp³-hybridized carbons (Fsp3) is 0.290. The third kappa shape index (κ3) is 5.47. The molecule has 1 aliphatic heterocycles. The van der Waals surface area contributed by atoms with Crippen molar-refractivity contribution >= 4 is 16.7 Å². The SMILES string of the molecule is CCOc1ccc(-n2cc(C(=O)N3CCN(Cc4ccccc4)CC3)c3cc(OC)c(OC)cc3c2=O)cc1. The number of hydrogen-bond donors (Lipinski definition) is 0. The molecule has 1 fully saturated rings. The molecule has 8 nitrogen and oxygen atoms in total. The van der Waals surface area contributed by atoms with Crippen LogP contribution in [0.15, 0.2) is 77.7 Å². The molecule has 3 aromatic carbocycles. The quantitative estimate of drug-likeness (QED) is 0.339. The number of pyridine rings is 1. The summed E-state index contributed by atoms with van der Waals surface area (Å²) in [5.41, 5.74) is 2.09. The van der Waals surface area contributed by atoms with E-state index in [4.69, 9.17) is 14.2 Å². The molecular formula is C31H33N3O5. The summed E-state index contributed by atoms with van der Waals surface area (Å²) in [6, 6.07) is 21.0. The third-order valence-corrected chi connectivity index (χ3v) is 7.09. The van der Waals surface area contributed by atoms with Gasteiger partial charge in [0.25, 0.3) is 11.5 Å². The highest BCUT2D eigenvalue weighted by Crippen LogP contribution is 2.33. The van der Waals surface area contributed by atoms with Gasteiger partial charge < -0.3 is 19.1 Å². The zero-order chi connectivity index (χ0) is 27.4. The van der Waals surface area contributed by atoms with Crippen LogP contribution in [0.5, 0.6) is 17.2 Å². The van der Waals surface area contributed by atoms with E-state index in [1.807, 2.05) is 54.3 Å². The fourth-order valence-electron chi connectivity index (χ4n) is 5.02. The first-order valence-corrected chi connectivity index (χ1v) is 13.1. The van der Waals surface area contributed by atoms with Crippen molar-refractivity contribution in [3.8, 4) is 22.9 Å². The van der Waals surface area contributed by atoms with Crippen LogP contribution in [-0.2, 0) is 6.54 Å². The highest BCUT2D eigenvalue weighted by molar-refractivity contribution is 6.07. The number of fused-ring (bicyclic) bond motifs is 1. The van der Waals surface area contributed by atoms with Crippen molar-refractivity contribution in [2.45, 2.75) is 13.5 Å². The monoisotopic (exact) mass is 527 g/mol. The van der Waals surface area contributed by atoms with Gasteiger partial charge in [0.2, 0.25) is 0 Å². The number of piperazine rings is 1. The van der Waals surface area contributed by atoms with E-state index in [1.165, 1.54) is 24.4 Å². The number of aromatic nitrogens is 1. The maximum atomic E-state index is 14.0. The normalized spacial score (nSPS) is 13.9.